The van der Waals surface area contributed by atoms with Gasteiger partial charge in [-0.1, -0.05) is 12.2 Å². The quantitative estimate of drug-likeness (QED) is 0.822. The predicted molar refractivity (Wildman–Crippen MR) is 72.8 cm³/mol. The summed E-state index contributed by atoms with van der Waals surface area (Å²) in [7, 11) is -3.78. The molecule has 1 aliphatic rings. The summed E-state index contributed by atoms with van der Waals surface area (Å²) in [5.41, 5.74) is 5.28. The number of anilines is 1. The molecule has 0 bridgehead atoms. The summed E-state index contributed by atoms with van der Waals surface area (Å²) in [6, 6.07) is 3.38. The molecule has 0 spiro atoms. The molecular formula is C11H11FN2O3S2. The minimum absolute atomic E-state index is 0.0357. The van der Waals surface area contributed by atoms with Crippen LogP contribution >= 0.6 is 12.2 Å². The molecule has 1 aliphatic heterocycles. The lowest BCUT2D eigenvalue weighted by Crippen LogP contribution is -2.67. The highest BCUT2D eigenvalue weighted by Gasteiger charge is 2.60. The molecule has 1 fully saturated rings. The molecule has 1 aromatic carbocycles. The van der Waals surface area contributed by atoms with Gasteiger partial charge in [0.1, 0.15) is 10.8 Å². The van der Waals surface area contributed by atoms with Crippen LogP contribution in [0.2, 0.25) is 0 Å². The topological polar surface area (TPSA) is 80.5 Å². The monoisotopic (exact) mass is 302 g/mol. The van der Waals surface area contributed by atoms with Gasteiger partial charge in [-0.3, -0.25) is 4.79 Å². The zero-order chi connectivity index (χ0) is 14.6. The molecule has 102 valence electrons. The molecule has 0 radical (unpaired) electrons. The summed E-state index contributed by atoms with van der Waals surface area (Å²) in [6.45, 7) is 2.64. The van der Waals surface area contributed by atoms with Crippen LogP contribution in [0.3, 0.4) is 0 Å². The Kier molecular flexibility index (Phi) is 2.90. The molecule has 0 unspecified atom stereocenters. The predicted octanol–water partition coefficient (Wildman–Crippen LogP) is 0.915. The number of halogens is 1. The van der Waals surface area contributed by atoms with E-state index < -0.39 is 26.5 Å². The summed E-state index contributed by atoms with van der Waals surface area (Å²) in [4.78, 5) is 11.6. The van der Waals surface area contributed by atoms with Gasteiger partial charge < -0.3 is 5.73 Å². The number of hydrogen-bond donors (Lipinski definition) is 1. The largest absolute Gasteiger partial charge is 0.389 e. The minimum atomic E-state index is -3.78. The fraction of sp³-hybridized carbons (Fsp3) is 0.273. The van der Waals surface area contributed by atoms with Crippen LogP contribution in [0.25, 0.3) is 0 Å². The Bertz CT molecular complexity index is 698. The smallest absolute Gasteiger partial charge is 0.263 e. The number of nitrogens with zero attached hydrogens (tertiary/aromatic N) is 1. The van der Waals surface area contributed by atoms with Crippen molar-refractivity contribution in [3.63, 3.8) is 0 Å². The highest BCUT2D eigenvalue weighted by molar-refractivity contribution is 7.98. The summed E-state index contributed by atoms with van der Waals surface area (Å²) >= 11 is 4.67. The number of nitrogens with two attached hydrogens (primary N) is 1. The van der Waals surface area contributed by atoms with Gasteiger partial charge in [0.15, 0.2) is 4.75 Å². The highest BCUT2D eigenvalue weighted by Crippen LogP contribution is 2.39. The molecule has 1 heterocycles. The first-order valence-corrected chi connectivity index (χ1v) is 7.14. The molecule has 8 heteroatoms. The van der Waals surface area contributed by atoms with Crippen LogP contribution in [0.15, 0.2) is 18.2 Å². The summed E-state index contributed by atoms with van der Waals surface area (Å²) in [5, 5.41) is 0. The van der Waals surface area contributed by atoms with E-state index >= 15 is 0 Å². The SMILES string of the molecule is CC1(C)C(=O)N(c2ccc(F)c(C(N)=S)c2)S1(=O)=O. The zero-order valence-electron chi connectivity index (χ0n) is 10.2. The fourth-order valence-electron chi connectivity index (χ4n) is 1.74. The van der Waals surface area contributed by atoms with Crippen molar-refractivity contribution >= 4 is 38.8 Å². The Hall–Kier alpha value is -1.54. The maximum absolute atomic E-state index is 13.4. The lowest BCUT2D eigenvalue weighted by atomic mass is 10.1. The Balaban J connectivity index is 2.54. The first kappa shape index (κ1) is 13.9. The van der Waals surface area contributed by atoms with Crippen molar-refractivity contribution in [2.24, 2.45) is 5.73 Å². The van der Waals surface area contributed by atoms with E-state index in [-0.39, 0.29) is 16.2 Å². The summed E-state index contributed by atoms with van der Waals surface area (Å²) in [6.07, 6.45) is 0. The van der Waals surface area contributed by atoms with Crippen LogP contribution in [0.1, 0.15) is 19.4 Å². The van der Waals surface area contributed by atoms with E-state index in [2.05, 4.69) is 12.2 Å². The lowest BCUT2D eigenvalue weighted by Gasteiger charge is -2.42. The van der Waals surface area contributed by atoms with Gasteiger partial charge in [-0.05, 0) is 32.0 Å². The molecule has 19 heavy (non-hydrogen) atoms. The second-order valence-corrected chi connectivity index (χ2v) is 7.39. The Morgan fingerprint density at radius 2 is 2.00 bits per heavy atom. The number of thiocarbonyl (C=S) groups is 1. The van der Waals surface area contributed by atoms with Gasteiger partial charge in [-0.2, -0.15) is 0 Å². The molecule has 0 aromatic heterocycles. The van der Waals surface area contributed by atoms with E-state index in [9.17, 15) is 17.6 Å². The van der Waals surface area contributed by atoms with Crippen LogP contribution in [-0.2, 0) is 14.8 Å². The Morgan fingerprint density at radius 1 is 1.42 bits per heavy atom. The molecule has 1 aromatic rings. The number of carbonyl (C=O) groups excluding carboxylic acids is 1. The van der Waals surface area contributed by atoms with E-state index in [1.165, 1.54) is 19.9 Å². The van der Waals surface area contributed by atoms with Crippen molar-refractivity contribution in [1.82, 2.24) is 0 Å². The zero-order valence-corrected chi connectivity index (χ0v) is 11.8. The molecule has 2 N–H and O–H groups in total. The van der Waals surface area contributed by atoms with Crippen LogP contribution in [0.4, 0.5) is 10.1 Å². The van der Waals surface area contributed by atoms with Gasteiger partial charge in [0, 0.05) is 5.56 Å². The first-order chi connectivity index (χ1) is 8.60. The molecule has 0 saturated carbocycles. The van der Waals surface area contributed by atoms with Crippen molar-refractivity contribution in [1.29, 1.82) is 0 Å². The van der Waals surface area contributed by atoms with Crippen molar-refractivity contribution < 1.29 is 17.6 Å². The van der Waals surface area contributed by atoms with Crippen molar-refractivity contribution in [2.45, 2.75) is 18.6 Å². The molecule has 1 amide bonds. The molecule has 1 saturated heterocycles. The minimum Gasteiger partial charge on any atom is -0.389 e. The van der Waals surface area contributed by atoms with Crippen LogP contribution < -0.4 is 10.0 Å². The summed E-state index contributed by atoms with van der Waals surface area (Å²) in [5.74, 6) is -1.24. The second kappa shape index (κ2) is 3.97. The van der Waals surface area contributed by atoms with Gasteiger partial charge >= 0.3 is 0 Å². The van der Waals surface area contributed by atoms with Crippen molar-refractivity contribution in [3.8, 4) is 0 Å². The van der Waals surface area contributed by atoms with E-state index in [1.54, 1.807) is 0 Å². The average molecular weight is 302 g/mol. The third kappa shape index (κ3) is 1.74. The van der Waals surface area contributed by atoms with E-state index in [4.69, 9.17) is 5.73 Å². The summed E-state index contributed by atoms with van der Waals surface area (Å²) < 4.78 is 36.6. The van der Waals surface area contributed by atoms with Crippen LogP contribution in [0, 0.1) is 5.82 Å². The third-order valence-electron chi connectivity index (χ3n) is 3.03. The lowest BCUT2D eigenvalue weighted by molar-refractivity contribution is -0.120. The van der Waals surface area contributed by atoms with Crippen LogP contribution in [-0.4, -0.2) is 24.1 Å². The van der Waals surface area contributed by atoms with Crippen LogP contribution in [0.5, 0.6) is 0 Å². The average Bonchev–Trinajstić information content (AvgIpc) is 2.30. The fourth-order valence-corrected chi connectivity index (χ4v) is 3.37. The number of carbonyl (C=O) groups is 1. The first-order valence-electron chi connectivity index (χ1n) is 5.29. The van der Waals surface area contributed by atoms with Gasteiger partial charge in [0.05, 0.1) is 5.69 Å². The maximum Gasteiger partial charge on any atom is 0.263 e. The second-order valence-electron chi connectivity index (χ2n) is 4.61. The van der Waals surface area contributed by atoms with E-state index in [1.807, 2.05) is 0 Å². The highest BCUT2D eigenvalue weighted by atomic mass is 32.2. The number of hydrogen-bond acceptors (Lipinski definition) is 4. The molecular weight excluding hydrogens is 291 g/mol. The maximum atomic E-state index is 13.4. The third-order valence-corrected chi connectivity index (χ3v) is 5.58. The van der Waals surface area contributed by atoms with E-state index in [0.29, 0.717) is 4.31 Å². The Morgan fingerprint density at radius 3 is 2.47 bits per heavy atom. The molecule has 2 rings (SSSR count). The Labute approximate surface area is 115 Å². The number of rotatable bonds is 2. The van der Waals surface area contributed by atoms with Crippen molar-refractivity contribution in [2.75, 3.05) is 4.31 Å². The molecule has 0 atom stereocenters. The molecule has 5 nitrogen and oxygen atoms in total. The standard InChI is InChI=1S/C11H11FN2O3S2/c1-11(2)10(15)14(19(11,16)17)6-3-4-8(12)7(5-6)9(13)18/h3-5H,1-2H3,(H2,13,18). The number of benzene rings is 1. The van der Waals surface area contributed by atoms with Gasteiger partial charge in [-0.15, -0.1) is 0 Å². The van der Waals surface area contributed by atoms with E-state index in [0.717, 1.165) is 12.1 Å². The van der Waals surface area contributed by atoms with Gasteiger partial charge in [0.25, 0.3) is 15.9 Å². The number of amides is 1. The molecule has 0 aliphatic carbocycles. The number of sulfonamides is 1. The van der Waals surface area contributed by atoms with Crippen molar-refractivity contribution in [3.05, 3.63) is 29.6 Å². The normalized spacial score (nSPS) is 19.9. The van der Waals surface area contributed by atoms with Gasteiger partial charge in [-0.25, -0.2) is 17.1 Å². The van der Waals surface area contributed by atoms with Gasteiger partial charge in [0.2, 0.25) is 0 Å².